The first-order valence-corrected chi connectivity index (χ1v) is 15.9. The summed E-state index contributed by atoms with van der Waals surface area (Å²) in [5.41, 5.74) is -0.927. The van der Waals surface area contributed by atoms with Gasteiger partial charge in [0.05, 0.1) is 18.1 Å². The van der Waals surface area contributed by atoms with Crippen LogP contribution >= 0.6 is 0 Å². The van der Waals surface area contributed by atoms with Crippen molar-refractivity contribution >= 4 is 23.7 Å². The number of amides is 3. The van der Waals surface area contributed by atoms with Crippen molar-refractivity contribution in [3.8, 4) is 0 Å². The zero-order valence-electron chi connectivity index (χ0n) is 28.1. The Bertz CT molecular complexity index is 1360. The highest BCUT2D eigenvalue weighted by atomic mass is 19.1. The molecule has 10 nitrogen and oxygen atoms in total. The second kappa shape index (κ2) is 14.6. The summed E-state index contributed by atoms with van der Waals surface area (Å²) in [4.78, 5) is 59.3. The molecule has 3 unspecified atom stereocenters. The number of benzene rings is 1. The Morgan fingerprint density at radius 3 is 2.31 bits per heavy atom. The van der Waals surface area contributed by atoms with Crippen LogP contribution in [0.4, 0.5) is 9.18 Å². The maximum Gasteiger partial charge on any atom is 0.408 e. The molecule has 45 heavy (non-hydrogen) atoms. The van der Waals surface area contributed by atoms with Gasteiger partial charge in [-0.2, -0.15) is 0 Å². The average molecular weight is 628 g/mol. The number of rotatable bonds is 11. The van der Waals surface area contributed by atoms with Gasteiger partial charge in [0.15, 0.2) is 5.78 Å². The van der Waals surface area contributed by atoms with Crippen LogP contribution in [0.25, 0.3) is 0 Å². The number of alkyl carbamates (subject to hydrolysis) is 1. The van der Waals surface area contributed by atoms with Crippen LogP contribution in [0, 0.1) is 17.7 Å². The standard InChI is InChI=1S/C34H50FN5O5/c1-10-26(37-31(43)34(8,9)38-32(44)45-33(5,6)7)29(41)23(4)22(3)27-19-40(20-36-27)28(24-12-11-13-25(35)18-24)30(42)39-16-14-21(2)15-17-39/h11-13,18-23,26,28H,10,14-17H2,1-9H3,(H,37,43)(H,38,44)/t22?,23?,26-,28?/m1/s1. The molecular weight excluding hydrogens is 577 g/mol. The number of likely N-dealkylation sites (tertiary alicyclic amines) is 1. The Morgan fingerprint density at radius 2 is 1.73 bits per heavy atom. The molecule has 0 bridgehead atoms. The van der Waals surface area contributed by atoms with Gasteiger partial charge in [-0.3, -0.25) is 14.4 Å². The molecule has 0 spiro atoms. The minimum Gasteiger partial charge on any atom is -0.444 e. The second-order valence-corrected chi connectivity index (χ2v) is 13.9. The van der Waals surface area contributed by atoms with Crippen molar-refractivity contribution in [3.05, 3.63) is 53.9 Å². The first-order valence-electron chi connectivity index (χ1n) is 15.9. The highest BCUT2D eigenvalue weighted by Crippen LogP contribution is 2.29. The number of hydrogen-bond acceptors (Lipinski definition) is 6. The Labute approximate surface area is 266 Å². The number of Topliss-reactive ketones (excluding diaryl/α,β-unsaturated/α-hetero) is 1. The molecule has 2 N–H and O–H groups in total. The van der Waals surface area contributed by atoms with E-state index in [1.165, 1.54) is 12.1 Å². The van der Waals surface area contributed by atoms with Crippen LogP contribution in [0.1, 0.15) is 105 Å². The van der Waals surface area contributed by atoms with Crippen molar-refractivity contribution in [3.63, 3.8) is 0 Å². The molecule has 0 radical (unpaired) electrons. The lowest BCUT2D eigenvalue weighted by Gasteiger charge is -2.33. The Hall–Kier alpha value is -3.76. The van der Waals surface area contributed by atoms with Crippen molar-refractivity contribution in [2.45, 2.75) is 111 Å². The molecule has 248 valence electrons. The van der Waals surface area contributed by atoms with Gasteiger partial charge in [0.1, 0.15) is 23.0 Å². The van der Waals surface area contributed by atoms with Crippen molar-refractivity contribution in [2.75, 3.05) is 13.1 Å². The molecule has 1 aromatic heterocycles. The number of piperidine rings is 1. The lowest BCUT2D eigenvalue weighted by atomic mass is 9.85. The van der Waals surface area contributed by atoms with Gasteiger partial charge in [0, 0.05) is 31.1 Å². The number of ketones is 1. The van der Waals surface area contributed by atoms with Gasteiger partial charge >= 0.3 is 6.09 Å². The summed E-state index contributed by atoms with van der Waals surface area (Å²) in [6, 6.07) is 4.46. The van der Waals surface area contributed by atoms with Crippen molar-refractivity contribution < 1.29 is 28.3 Å². The summed E-state index contributed by atoms with van der Waals surface area (Å²) in [5.74, 6) is -1.58. The Balaban J connectivity index is 1.77. The number of nitrogens with zero attached hydrogens (tertiary/aromatic N) is 3. The van der Waals surface area contributed by atoms with Crippen molar-refractivity contribution in [1.29, 1.82) is 0 Å². The summed E-state index contributed by atoms with van der Waals surface area (Å²) in [7, 11) is 0. The van der Waals surface area contributed by atoms with Crippen molar-refractivity contribution in [1.82, 2.24) is 25.1 Å². The van der Waals surface area contributed by atoms with Gasteiger partial charge in [-0.1, -0.05) is 39.8 Å². The fourth-order valence-corrected chi connectivity index (χ4v) is 5.40. The third kappa shape index (κ3) is 9.37. The van der Waals surface area contributed by atoms with Crippen LogP contribution in [0.15, 0.2) is 36.8 Å². The number of aromatic nitrogens is 2. The topological polar surface area (TPSA) is 123 Å². The van der Waals surface area contributed by atoms with E-state index >= 15 is 0 Å². The van der Waals surface area contributed by atoms with E-state index in [1.807, 2.05) is 11.8 Å². The molecule has 2 aromatic rings. The maximum atomic E-state index is 14.3. The van der Waals surface area contributed by atoms with Crippen LogP contribution in [0.2, 0.25) is 0 Å². The fourth-order valence-electron chi connectivity index (χ4n) is 5.40. The second-order valence-electron chi connectivity index (χ2n) is 13.9. The lowest BCUT2D eigenvalue weighted by molar-refractivity contribution is -0.135. The molecule has 1 aliphatic rings. The SMILES string of the molecule is CC[C@@H](NC(=O)C(C)(C)NC(=O)OC(C)(C)C)C(=O)C(C)C(C)c1cn(C(C(=O)N2CCC(C)CC2)c2cccc(F)c2)cn1. The molecule has 1 saturated heterocycles. The minimum atomic E-state index is -1.32. The van der Waals surface area contributed by atoms with Crippen molar-refractivity contribution in [2.24, 2.45) is 11.8 Å². The lowest BCUT2D eigenvalue weighted by Crippen LogP contribution is -2.58. The molecule has 1 fully saturated rings. The quantitative estimate of drug-likeness (QED) is 0.345. The van der Waals surface area contributed by atoms with E-state index in [0.717, 1.165) is 12.8 Å². The van der Waals surface area contributed by atoms with Crippen LogP contribution in [0.3, 0.4) is 0 Å². The van der Waals surface area contributed by atoms with Gasteiger partial charge in [-0.05, 0) is 77.5 Å². The third-order valence-corrected chi connectivity index (χ3v) is 8.52. The van der Waals surface area contributed by atoms with E-state index in [0.29, 0.717) is 36.7 Å². The number of carbonyl (C=O) groups is 4. The summed E-state index contributed by atoms with van der Waals surface area (Å²) in [5, 5.41) is 5.37. The predicted octanol–water partition coefficient (Wildman–Crippen LogP) is 5.38. The summed E-state index contributed by atoms with van der Waals surface area (Å²) in [6.07, 6.45) is 4.76. The first kappa shape index (κ1) is 35.7. The first-order chi connectivity index (χ1) is 20.9. The van der Waals surface area contributed by atoms with E-state index in [1.54, 1.807) is 77.7 Å². The molecular formula is C34H50FN5O5. The maximum absolute atomic E-state index is 14.3. The van der Waals surface area contributed by atoms with E-state index < -0.39 is 47.0 Å². The summed E-state index contributed by atoms with van der Waals surface area (Å²) < 4.78 is 21.3. The molecule has 1 aromatic carbocycles. The van der Waals surface area contributed by atoms with Crippen LogP contribution < -0.4 is 10.6 Å². The molecule has 11 heteroatoms. The van der Waals surface area contributed by atoms with Crippen LogP contribution in [-0.2, 0) is 19.1 Å². The van der Waals surface area contributed by atoms with Crippen LogP contribution in [0.5, 0.6) is 0 Å². The highest BCUT2D eigenvalue weighted by molar-refractivity contribution is 5.95. The molecule has 3 amide bonds. The monoisotopic (exact) mass is 627 g/mol. The minimum absolute atomic E-state index is 0.121. The fraction of sp³-hybridized carbons (Fsp3) is 0.618. The number of imidazole rings is 1. The molecule has 0 aliphatic carbocycles. The van der Waals surface area contributed by atoms with Gasteiger partial charge in [0.25, 0.3) is 0 Å². The zero-order chi connectivity index (χ0) is 33.7. The third-order valence-electron chi connectivity index (χ3n) is 8.52. The smallest absolute Gasteiger partial charge is 0.408 e. The Kier molecular flexibility index (Phi) is 11.6. The molecule has 1 aliphatic heterocycles. The highest BCUT2D eigenvalue weighted by Gasteiger charge is 2.36. The molecule has 2 heterocycles. The van der Waals surface area contributed by atoms with E-state index in [-0.39, 0.29) is 17.6 Å². The number of nitrogens with one attached hydrogen (secondary N) is 2. The summed E-state index contributed by atoms with van der Waals surface area (Å²) >= 11 is 0. The van der Waals surface area contributed by atoms with Gasteiger partial charge in [-0.15, -0.1) is 0 Å². The summed E-state index contributed by atoms with van der Waals surface area (Å²) in [6.45, 7) is 17.2. The van der Waals surface area contributed by atoms with Gasteiger partial charge in [-0.25, -0.2) is 14.2 Å². The van der Waals surface area contributed by atoms with Crippen LogP contribution in [-0.4, -0.2) is 68.4 Å². The van der Waals surface area contributed by atoms with E-state index in [9.17, 15) is 23.6 Å². The largest absolute Gasteiger partial charge is 0.444 e. The van der Waals surface area contributed by atoms with Gasteiger partial charge in [0.2, 0.25) is 11.8 Å². The molecule has 3 rings (SSSR count). The average Bonchev–Trinajstić information content (AvgIpc) is 3.43. The normalized spacial score (nSPS) is 17.2. The number of carbonyl (C=O) groups excluding carboxylic acids is 4. The molecule has 4 atom stereocenters. The number of hydrogen-bond donors (Lipinski definition) is 2. The predicted molar refractivity (Wildman–Crippen MR) is 170 cm³/mol. The number of ether oxygens (including phenoxy) is 1. The van der Waals surface area contributed by atoms with E-state index in [4.69, 9.17) is 4.74 Å². The van der Waals surface area contributed by atoms with Gasteiger partial charge < -0.3 is 24.8 Å². The zero-order valence-corrected chi connectivity index (χ0v) is 28.1. The van der Waals surface area contributed by atoms with E-state index in [2.05, 4.69) is 22.5 Å². The number of halogens is 1. The Morgan fingerprint density at radius 1 is 1.09 bits per heavy atom. The molecule has 0 saturated carbocycles.